The molecular weight excluding hydrogens is 305 g/mol. The topological polar surface area (TPSA) is 64.7 Å². The summed E-state index contributed by atoms with van der Waals surface area (Å²) in [6.45, 7) is 0. The van der Waals surface area contributed by atoms with Crippen LogP contribution in [0.3, 0.4) is 0 Å². The van der Waals surface area contributed by atoms with Crippen LogP contribution in [0, 0.1) is 0 Å². The normalized spacial score (nSPS) is 11.4. The van der Waals surface area contributed by atoms with E-state index >= 15 is 0 Å². The number of anilines is 1. The fourth-order valence-electron chi connectivity index (χ4n) is 2.11. The first kappa shape index (κ1) is 15.0. The van der Waals surface area contributed by atoms with Gasteiger partial charge < -0.3 is 5.73 Å². The first-order valence-electron chi connectivity index (χ1n) is 6.66. The molecule has 0 spiro atoms. The molecular formula is C16H11F3N4. The van der Waals surface area contributed by atoms with Crippen LogP contribution in [0.1, 0.15) is 5.56 Å². The maximum atomic E-state index is 12.8. The van der Waals surface area contributed by atoms with Gasteiger partial charge in [0.05, 0.1) is 17.0 Å². The van der Waals surface area contributed by atoms with E-state index in [9.17, 15) is 13.2 Å². The van der Waals surface area contributed by atoms with E-state index in [-0.39, 0.29) is 5.95 Å². The SMILES string of the molecule is Nc1nccc(-c2ccc(-c3cccc(C(F)(F)F)c3)nc2)n1. The molecule has 0 radical (unpaired) electrons. The molecule has 2 N–H and O–H groups in total. The maximum absolute atomic E-state index is 12.8. The highest BCUT2D eigenvalue weighted by atomic mass is 19.4. The lowest BCUT2D eigenvalue weighted by molar-refractivity contribution is -0.137. The number of alkyl halides is 3. The fraction of sp³-hybridized carbons (Fsp3) is 0.0625. The monoisotopic (exact) mass is 316 g/mol. The first-order valence-corrected chi connectivity index (χ1v) is 6.66. The Morgan fingerprint density at radius 1 is 0.870 bits per heavy atom. The van der Waals surface area contributed by atoms with Crippen LogP contribution in [0.4, 0.5) is 19.1 Å². The average Bonchev–Trinajstić information content (AvgIpc) is 2.54. The minimum Gasteiger partial charge on any atom is -0.368 e. The molecule has 0 aliphatic rings. The molecule has 4 nitrogen and oxygen atoms in total. The molecule has 3 aromatic rings. The largest absolute Gasteiger partial charge is 0.416 e. The van der Waals surface area contributed by atoms with Gasteiger partial charge in [-0.3, -0.25) is 4.98 Å². The van der Waals surface area contributed by atoms with E-state index in [1.165, 1.54) is 18.5 Å². The van der Waals surface area contributed by atoms with Gasteiger partial charge in [0.2, 0.25) is 5.95 Å². The van der Waals surface area contributed by atoms with Crippen molar-refractivity contribution in [3.05, 3.63) is 60.4 Å². The molecule has 2 heterocycles. The van der Waals surface area contributed by atoms with Gasteiger partial charge >= 0.3 is 6.18 Å². The van der Waals surface area contributed by atoms with Crippen LogP contribution in [-0.2, 0) is 6.18 Å². The second-order valence-corrected chi connectivity index (χ2v) is 4.81. The Hall–Kier alpha value is -2.96. The molecule has 0 fully saturated rings. The van der Waals surface area contributed by atoms with Crippen molar-refractivity contribution in [2.75, 3.05) is 5.73 Å². The van der Waals surface area contributed by atoms with E-state index in [0.717, 1.165) is 12.1 Å². The molecule has 0 saturated heterocycles. The lowest BCUT2D eigenvalue weighted by Gasteiger charge is -2.09. The number of nitrogens with zero attached hydrogens (tertiary/aromatic N) is 3. The maximum Gasteiger partial charge on any atom is 0.416 e. The summed E-state index contributed by atoms with van der Waals surface area (Å²) in [4.78, 5) is 12.1. The molecule has 116 valence electrons. The van der Waals surface area contributed by atoms with Crippen LogP contribution in [-0.4, -0.2) is 15.0 Å². The minimum absolute atomic E-state index is 0.143. The highest BCUT2D eigenvalue weighted by Crippen LogP contribution is 2.32. The van der Waals surface area contributed by atoms with Crippen molar-refractivity contribution in [2.45, 2.75) is 6.18 Å². The smallest absolute Gasteiger partial charge is 0.368 e. The zero-order valence-corrected chi connectivity index (χ0v) is 11.7. The van der Waals surface area contributed by atoms with Crippen LogP contribution in [0.2, 0.25) is 0 Å². The summed E-state index contributed by atoms with van der Waals surface area (Å²) in [5.41, 5.74) is 6.97. The lowest BCUT2D eigenvalue weighted by atomic mass is 10.1. The Morgan fingerprint density at radius 2 is 1.70 bits per heavy atom. The molecule has 0 saturated carbocycles. The highest BCUT2D eigenvalue weighted by molar-refractivity contribution is 5.65. The third kappa shape index (κ3) is 3.28. The van der Waals surface area contributed by atoms with Gasteiger partial charge in [-0.25, -0.2) is 9.97 Å². The molecule has 3 rings (SSSR count). The van der Waals surface area contributed by atoms with E-state index < -0.39 is 11.7 Å². The van der Waals surface area contributed by atoms with Crippen LogP contribution in [0.25, 0.3) is 22.5 Å². The molecule has 0 amide bonds. The zero-order chi connectivity index (χ0) is 16.4. The van der Waals surface area contributed by atoms with Crippen molar-refractivity contribution < 1.29 is 13.2 Å². The second-order valence-electron chi connectivity index (χ2n) is 4.81. The van der Waals surface area contributed by atoms with Gasteiger partial charge in [0.25, 0.3) is 0 Å². The molecule has 0 aliphatic carbocycles. The molecule has 1 aromatic carbocycles. The summed E-state index contributed by atoms with van der Waals surface area (Å²) >= 11 is 0. The molecule has 2 aromatic heterocycles. The van der Waals surface area contributed by atoms with Crippen molar-refractivity contribution in [1.29, 1.82) is 0 Å². The van der Waals surface area contributed by atoms with Crippen molar-refractivity contribution in [3.8, 4) is 22.5 Å². The standard InChI is InChI=1S/C16H11F3N4/c17-16(18,19)12-3-1-2-10(8-12)13-5-4-11(9-22-13)14-6-7-21-15(20)23-14/h1-9H,(H2,20,21,23). The third-order valence-electron chi connectivity index (χ3n) is 3.22. The summed E-state index contributed by atoms with van der Waals surface area (Å²) in [7, 11) is 0. The van der Waals surface area contributed by atoms with Crippen molar-refractivity contribution in [3.63, 3.8) is 0 Å². The predicted molar refractivity (Wildman–Crippen MR) is 80.1 cm³/mol. The van der Waals surface area contributed by atoms with E-state index in [2.05, 4.69) is 15.0 Å². The van der Waals surface area contributed by atoms with E-state index in [4.69, 9.17) is 5.73 Å². The number of hydrogen-bond donors (Lipinski definition) is 1. The number of rotatable bonds is 2. The highest BCUT2D eigenvalue weighted by Gasteiger charge is 2.30. The van der Waals surface area contributed by atoms with Gasteiger partial charge in [0.15, 0.2) is 0 Å². The Labute approximate surface area is 129 Å². The first-order chi connectivity index (χ1) is 10.9. The van der Waals surface area contributed by atoms with Gasteiger partial charge in [-0.05, 0) is 30.3 Å². The summed E-state index contributed by atoms with van der Waals surface area (Å²) in [5, 5.41) is 0. The quantitative estimate of drug-likeness (QED) is 0.781. The molecule has 23 heavy (non-hydrogen) atoms. The number of halogens is 3. The number of pyridine rings is 1. The van der Waals surface area contributed by atoms with Crippen LogP contribution in [0.15, 0.2) is 54.9 Å². The number of nitrogen functional groups attached to an aromatic ring is 1. The molecule has 0 unspecified atom stereocenters. The van der Waals surface area contributed by atoms with Gasteiger partial charge in [0.1, 0.15) is 0 Å². The van der Waals surface area contributed by atoms with Gasteiger partial charge in [-0.2, -0.15) is 13.2 Å². The van der Waals surface area contributed by atoms with E-state index in [1.54, 1.807) is 24.3 Å². The van der Waals surface area contributed by atoms with Gasteiger partial charge in [0, 0.05) is 23.5 Å². The Balaban J connectivity index is 1.94. The average molecular weight is 316 g/mol. The number of nitrogens with two attached hydrogens (primary N) is 1. The summed E-state index contributed by atoms with van der Waals surface area (Å²) in [6, 6.07) is 10.1. The fourth-order valence-corrected chi connectivity index (χ4v) is 2.11. The molecule has 0 aliphatic heterocycles. The van der Waals surface area contributed by atoms with Crippen LogP contribution in [0.5, 0.6) is 0 Å². The number of hydrogen-bond acceptors (Lipinski definition) is 4. The number of benzene rings is 1. The van der Waals surface area contributed by atoms with Crippen molar-refractivity contribution in [1.82, 2.24) is 15.0 Å². The summed E-state index contributed by atoms with van der Waals surface area (Å²) < 4.78 is 38.3. The van der Waals surface area contributed by atoms with Crippen molar-refractivity contribution in [2.24, 2.45) is 0 Å². The zero-order valence-electron chi connectivity index (χ0n) is 11.7. The van der Waals surface area contributed by atoms with Crippen LogP contribution < -0.4 is 5.73 Å². The van der Waals surface area contributed by atoms with Crippen molar-refractivity contribution >= 4 is 5.95 Å². The van der Waals surface area contributed by atoms with E-state index in [0.29, 0.717) is 22.5 Å². The molecule has 7 heteroatoms. The lowest BCUT2D eigenvalue weighted by Crippen LogP contribution is -2.04. The van der Waals surface area contributed by atoms with Gasteiger partial charge in [-0.15, -0.1) is 0 Å². The molecule has 0 atom stereocenters. The van der Waals surface area contributed by atoms with Gasteiger partial charge in [-0.1, -0.05) is 12.1 Å². The predicted octanol–water partition coefficient (Wildman–Crippen LogP) is 3.81. The summed E-state index contributed by atoms with van der Waals surface area (Å²) in [6.07, 6.45) is -1.32. The third-order valence-corrected chi connectivity index (χ3v) is 3.22. The minimum atomic E-state index is -4.38. The Bertz CT molecular complexity index is 829. The van der Waals surface area contributed by atoms with Crippen LogP contribution >= 0.6 is 0 Å². The Kier molecular flexibility index (Phi) is 3.69. The Morgan fingerprint density at radius 3 is 2.35 bits per heavy atom. The van der Waals surface area contributed by atoms with E-state index in [1.807, 2.05) is 0 Å². The second kappa shape index (κ2) is 5.68. The molecule has 0 bridgehead atoms. The number of aromatic nitrogens is 3. The summed E-state index contributed by atoms with van der Waals surface area (Å²) in [5.74, 6) is 0.143.